The second-order valence-corrected chi connectivity index (χ2v) is 12.7. The van der Waals surface area contributed by atoms with Crippen molar-refractivity contribution in [3.63, 3.8) is 0 Å². The van der Waals surface area contributed by atoms with Crippen LogP contribution < -0.4 is 20.2 Å². The minimum Gasteiger partial charge on any atom is -0.341 e. The van der Waals surface area contributed by atoms with Crippen LogP contribution >= 0.6 is 22.7 Å². The molecule has 216 valence electrons. The maximum Gasteiger partial charge on any atom is 0.271 e. The Morgan fingerprint density at radius 2 is 1.79 bits per heavy atom. The normalized spacial score (nSPS) is 16.9. The average molecular weight is 608 g/mol. The third-order valence-corrected chi connectivity index (χ3v) is 9.89. The molecule has 1 atom stereocenters. The van der Waals surface area contributed by atoms with Gasteiger partial charge >= 0.3 is 0 Å². The number of rotatable bonds is 6. The van der Waals surface area contributed by atoms with Crippen molar-refractivity contribution in [2.24, 2.45) is 4.99 Å². The van der Waals surface area contributed by atoms with Gasteiger partial charge < -0.3 is 14.8 Å². The summed E-state index contributed by atoms with van der Waals surface area (Å²) in [5.74, 6) is -0.178. The predicted molar refractivity (Wildman–Crippen MR) is 171 cm³/mol. The van der Waals surface area contributed by atoms with Gasteiger partial charge in [-0.1, -0.05) is 53.8 Å². The van der Waals surface area contributed by atoms with Crippen molar-refractivity contribution in [3.05, 3.63) is 120 Å². The Kier molecular flexibility index (Phi) is 7.16. The average Bonchev–Trinajstić information content (AvgIpc) is 3.82. The molecule has 1 saturated heterocycles. The molecule has 0 spiro atoms. The van der Waals surface area contributed by atoms with Gasteiger partial charge in [-0.2, -0.15) is 0 Å². The van der Waals surface area contributed by atoms with Crippen molar-refractivity contribution in [2.45, 2.75) is 32.4 Å². The van der Waals surface area contributed by atoms with E-state index < -0.39 is 6.04 Å². The highest BCUT2D eigenvalue weighted by atomic mass is 32.1. The zero-order chi connectivity index (χ0) is 29.5. The van der Waals surface area contributed by atoms with Crippen molar-refractivity contribution < 1.29 is 9.59 Å². The van der Waals surface area contributed by atoms with Gasteiger partial charge in [0.25, 0.3) is 11.5 Å². The van der Waals surface area contributed by atoms with Crippen molar-refractivity contribution in [2.75, 3.05) is 18.4 Å². The first-order chi connectivity index (χ1) is 21.0. The Morgan fingerprint density at radius 3 is 2.56 bits per heavy atom. The zero-order valence-corrected chi connectivity index (χ0v) is 25.2. The Labute approximate surface area is 255 Å². The fourth-order valence-electron chi connectivity index (χ4n) is 5.92. The van der Waals surface area contributed by atoms with Crippen LogP contribution in [-0.2, 0) is 16.1 Å². The van der Waals surface area contributed by atoms with Crippen LogP contribution in [0.3, 0.4) is 0 Å². The highest BCUT2D eigenvalue weighted by Crippen LogP contribution is 2.33. The molecule has 0 unspecified atom stereocenters. The number of para-hydroxylation sites is 2. The molecule has 2 aliphatic heterocycles. The first-order valence-corrected chi connectivity index (χ1v) is 16.0. The number of amides is 2. The van der Waals surface area contributed by atoms with Crippen molar-refractivity contribution in [1.82, 2.24) is 14.0 Å². The number of hydrogen-bond donors (Lipinski definition) is 1. The molecule has 3 aromatic heterocycles. The van der Waals surface area contributed by atoms with Gasteiger partial charge in [0.15, 0.2) is 4.80 Å². The second kappa shape index (κ2) is 11.3. The topological polar surface area (TPSA) is 88.7 Å². The molecule has 5 heterocycles. The van der Waals surface area contributed by atoms with Gasteiger partial charge in [-0.05, 0) is 55.5 Å². The summed E-state index contributed by atoms with van der Waals surface area (Å²) < 4.78 is 4.14. The van der Waals surface area contributed by atoms with Crippen LogP contribution in [0.5, 0.6) is 0 Å². The van der Waals surface area contributed by atoms with E-state index in [-0.39, 0.29) is 23.9 Å². The Bertz CT molecular complexity index is 2060. The number of thiophene rings is 1. The number of carbonyl (C=O) groups excluding carboxylic acids is 2. The van der Waals surface area contributed by atoms with Gasteiger partial charge in [-0.3, -0.25) is 19.0 Å². The molecule has 10 heteroatoms. The lowest BCUT2D eigenvalue weighted by Gasteiger charge is -2.24. The third kappa shape index (κ3) is 5.06. The number of aromatic nitrogens is 2. The molecule has 1 N–H and O–H groups in total. The highest BCUT2D eigenvalue weighted by Gasteiger charge is 2.33. The molecule has 43 heavy (non-hydrogen) atoms. The molecular formula is C33H29N5O3S2. The Balaban J connectivity index is 1.31. The Morgan fingerprint density at radius 1 is 1.02 bits per heavy atom. The van der Waals surface area contributed by atoms with Gasteiger partial charge in [-0.25, -0.2) is 4.99 Å². The van der Waals surface area contributed by atoms with Crippen molar-refractivity contribution in [3.8, 4) is 0 Å². The van der Waals surface area contributed by atoms with E-state index in [1.807, 2.05) is 101 Å². The summed E-state index contributed by atoms with van der Waals surface area (Å²) in [6, 6.07) is 20.5. The number of nitrogens with zero attached hydrogens (tertiary/aromatic N) is 4. The first kappa shape index (κ1) is 27.3. The summed E-state index contributed by atoms with van der Waals surface area (Å²) in [6.07, 6.45) is 5.94. The van der Waals surface area contributed by atoms with Crippen molar-refractivity contribution in [1.29, 1.82) is 0 Å². The van der Waals surface area contributed by atoms with Crippen molar-refractivity contribution >= 4 is 57.2 Å². The molecule has 5 aromatic rings. The summed E-state index contributed by atoms with van der Waals surface area (Å²) in [5, 5.41) is 5.90. The summed E-state index contributed by atoms with van der Waals surface area (Å²) in [5.41, 5.74) is 3.31. The fourth-order valence-corrected chi connectivity index (χ4v) is 7.78. The number of fused-ring (bicyclic) bond motifs is 2. The molecule has 0 aliphatic carbocycles. The van der Waals surface area contributed by atoms with Crippen LogP contribution in [0, 0.1) is 0 Å². The number of anilines is 1. The van der Waals surface area contributed by atoms with E-state index in [1.54, 1.807) is 4.57 Å². The van der Waals surface area contributed by atoms with E-state index in [1.165, 1.54) is 22.7 Å². The number of allylic oxidation sites excluding steroid dienone is 1. The lowest BCUT2D eigenvalue weighted by atomic mass is 10.0. The number of benzene rings is 2. The van der Waals surface area contributed by atoms with Crippen LogP contribution in [0.4, 0.5) is 5.69 Å². The van der Waals surface area contributed by atoms with Gasteiger partial charge in [0, 0.05) is 46.3 Å². The van der Waals surface area contributed by atoms with E-state index in [0.717, 1.165) is 47.3 Å². The number of likely N-dealkylation sites (tertiary alicyclic amines) is 1. The summed E-state index contributed by atoms with van der Waals surface area (Å²) in [4.78, 5) is 48.9. The van der Waals surface area contributed by atoms with Crippen LogP contribution in [-0.4, -0.2) is 38.9 Å². The van der Waals surface area contributed by atoms with E-state index in [4.69, 9.17) is 4.99 Å². The largest absolute Gasteiger partial charge is 0.341 e. The van der Waals surface area contributed by atoms with Crippen LogP contribution in [0.25, 0.3) is 17.0 Å². The number of hydrogen-bond acceptors (Lipinski definition) is 6. The SMILES string of the molecule is CC1=C(C(=O)Nc2ccccc2)[C@@H](c2cccs2)n2c(s/c(=C/c3cn(CC(=O)N4CCCC4)c4ccccc34)c2=O)=N1. The predicted octanol–water partition coefficient (Wildman–Crippen LogP) is 4.51. The maximum absolute atomic E-state index is 14.1. The maximum atomic E-state index is 14.1. The molecule has 0 radical (unpaired) electrons. The molecule has 0 saturated carbocycles. The minimum absolute atomic E-state index is 0.108. The summed E-state index contributed by atoms with van der Waals surface area (Å²) in [6.45, 7) is 3.69. The lowest BCUT2D eigenvalue weighted by molar-refractivity contribution is -0.130. The van der Waals surface area contributed by atoms with Crippen LogP contribution in [0.1, 0.15) is 36.2 Å². The number of nitrogens with one attached hydrogen (secondary N) is 1. The Hall–Kier alpha value is -4.54. The van der Waals surface area contributed by atoms with Crippen LogP contribution in [0.15, 0.2) is 99.4 Å². The van der Waals surface area contributed by atoms with Gasteiger partial charge in [-0.15, -0.1) is 11.3 Å². The van der Waals surface area contributed by atoms with E-state index >= 15 is 0 Å². The van der Waals surface area contributed by atoms with Gasteiger partial charge in [0.1, 0.15) is 12.6 Å². The van der Waals surface area contributed by atoms with E-state index in [2.05, 4.69) is 5.32 Å². The van der Waals surface area contributed by atoms with Crippen LogP contribution in [0.2, 0.25) is 0 Å². The summed E-state index contributed by atoms with van der Waals surface area (Å²) in [7, 11) is 0. The smallest absolute Gasteiger partial charge is 0.271 e. The molecule has 7 rings (SSSR count). The highest BCUT2D eigenvalue weighted by molar-refractivity contribution is 7.10. The molecular weight excluding hydrogens is 579 g/mol. The van der Waals surface area contributed by atoms with E-state index in [9.17, 15) is 14.4 Å². The molecule has 8 nitrogen and oxygen atoms in total. The molecule has 0 bridgehead atoms. The minimum atomic E-state index is -0.596. The lowest BCUT2D eigenvalue weighted by Crippen LogP contribution is -2.40. The first-order valence-electron chi connectivity index (χ1n) is 14.3. The van der Waals surface area contributed by atoms with Gasteiger partial charge in [0.05, 0.1) is 15.8 Å². The second-order valence-electron chi connectivity index (χ2n) is 10.7. The third-order valence-electron chi connectivity index (χ3n) is 7.98. The molecule has 2 amide bonds. The molecule has 1 fully saturated rings. The van der Waals surface area contributed by atoms with Gasteiger partial charge in [0.2, 0.25) is 5.91 Å². The zero-order valence-electron chi connectivity index (χ0n) is 23.5. The fraction of sp³-hybridized carbons (Fsp3) is 0.212. The number of carbonyl (C=O) groups is 2. The van der Waals surface area contributed by atoms with E-state index in [0.29, 0.717) is 26.3 Å². The molecule has 2 aliphatic rings. The number of thiazole rings is 1. The standard InChI is InChI=1S/C33H29N5O3S2/c1-21-29(31(40)35-23-10-3-2-4-11-23)30(26-14-9-17-42-26)38-32(41)27(43-33(38)34-21)18-22-19-37(25-13-6-5-12-24(22)25)20-28(39)36-15-7-8-16-36/h2-6,9-14,17-19,30H,7-8,15-16,20H2,1H3,(H,35,40)/b27-18+/t30-/m1/s1. The monoisotopic (exact) mass is 607 g/mol. The molecule has 2 aromatic carbocycles. The summed E-state index contributed by atoms with van der Waals surface area (Å²) >= 11 is 2.82. The quantitative estimate of drug-likeness (QED) is 0.308.